The van der Waals surface area contributed by atoms with Crippen molar-refractivity contribution in [3.8, 4) is 0 Å². The topological polar surface area (TPSA) is 64.9 Å². The molecular formula is C15H19N3O. The number of hydrogen-bond donors (Lipinski definition) is 1. The Kier molecular flexibility index (Phi) is 3.60. The van der Waals surface area contributed by atoms with E-state index in [4.69, 9.17) is 10.3 Å². The molecule has 1 saturated carbocycles. The summed E-state index contributed by atoms with van der Waals surface area (Å²) in [5, 5.41) is 4.05. The summed E-state index contributed by atoms with van der Waals surface area (Å²) in [5.41, 5.74) is 7.41. The van der Waals surface area contributed by atoms with E-state index in [2.05, 4.69) is 22.3 Å². The molecule has 0 saturated heterocycles. The van der Waals surface area contributed by atoms with Crippen molar-refractivity contribution in [2.45, 2.75) is 44.1 Å². The zero-order chi connectivity index (χ0) is 13.1. The van der Waals surface area contributed by atoms with Crippen LogP contribution in [0.2, 0.25) is 0 Å². The van der Waals surface area contributed by atoms with E-state index in [1.807, 2.05) is 18.2 Å². The minimum Gasteiger partial charge on any atom is -0.338 e. The molecule has 1 aliphatic rings. The molecule has 1 aliphatic carbocycles. The third-order valence-corrected chi connectivity index (χ3v) is 3.83. The fourth-order valence-electron chi connectivity index (χ4n) is 2.32. The summed E-state index contributed by atoms with van der Waals surface area (Å²) < 4.78 is 5.29. The molecule has 0 unspecified atom stereocenters. The minimum atomic E-state index is -0.165. The molecule has 0 aliphatic heterocycles. The number of aromatic nitrogens is 2. The molecule has 1 atom stereocenters. The van der Waals surface area contributed by atoms with Crippen LogP contribution in [0.3, 0.4) is 0 Å². The molecule has 0 spiro atoms. The minimum absolute atomic E-state index is 0.165. The monoisotopic (exact) mass is 257 g/mol. The Hall–Kier alpha value is -1.68. The molecule has 0 bridgehead atoms. The zero-order valence-electron chi connectivity index (χ0n) is 11.0. The molecule has 2 aromatic rings. The van der Waals surface area contributed by atoms with Crippen LogP contribution in [-0.2, 0) is 6.42 Å². The van der Waals surface area contributed by atoms with Gasteiger partial charge in [-0.3, -0.25) is 0 Å². The second-order valence-corrected chi connectivity index (χ2v) is 5.25. The van der Waals surface area contributed by atoms with Crippen molar-refractivity contribution >= 4 is 0 Å². The van der Waals surface area contributed by atoms with Gasteiger partial charge < -0.3 is 10.3 Å². The van der Waals surface area contributed by atoms with Gasteiger partial charge >= 0.3 is 0 Å². The molecule has 1 aromatic heterocycles. The van der Waals surface area contributed by atoms with Crippen LogP contribution in [0.15, 0.2) is 34.9 Å². The number of nitrogens with two attached hydrogens (primary N) is 1. The van der Waals surface area contributed by atoms with Gasteiger partial charge in [0.1, 0.15) is 0 Å². The van der Waals surface area contributed by atoms with E-state index in [0.717, 1.165) is 18.7 Å². The summed E-state index contributed by atoms with van der Waals surface area (Å²) in [7, 11) is 0. The maximum atomic E-state index is 6.12. The molecule has 0 amide bonds. The second kappa shape index (κ2) is 5.53. The van der Waals surface area contributed by atoms with Gasteiger partial charge in [-0.1, -0.05) is 41.9 Å². The van der Waals surface area contributed by atoms with E-state index in [9.17, 15) is 0 Å². The van der Waals surface area contributed by atoms with Gasteiger partial charge in [0.25, 0.3) is 0 Å². The molecule has 19 heavy (non-hydrogen) atoms. The van der Waals surface area contributed by atoms with Gasteiger partial charge in [0.15, 0.2) is 5.82 Å². The summed E-state index contributed by atoms with van der Waals surface area (Å²) in [6, 6.07) is 10.2. The Labute approximate surface area is 113 Å². The van der Waals surface area contributed by atoms with Gasteiger partial charge in [-0.2, -0.15) is 4.98 Å². The number of hydrogen-bond acceptors (Lipinski definition) is 4. The van der Waals surface area contributed by atoms with Crippen molar-refractivity contribution in [1.29, 1.82) is 0 Å². The molecule has 1 fully saturated rings. The highest BCUT2D eigenvalue weighted by atomic mass is 16.5. The van der Waals surface area contributed by atoms with Crippen LogP contribution in [0.4, 0.5) is 0 Å². The van der Waals surface area contributed by atoms with E-state index in [1.165, 1.54) is 24.8 Å². The lowest BCUT2D eigenvalue weighted by Crippen LogP contribution is -2.13. The Morgan fingerprint density at radius 2 is 2.05 bits per heavy atom. The molecule has 1 heterocycles. The smallest absolute Gasteiger partial charge is 0.243 e. The van der Waals surface area contributed by atoms with Gasteiger partial charge in [-0.15, -0.1) is 0 Å². The normalized spacial score (nSPS) is 17.1. The predicted molar refractivity (Wildman–Crippen MR) is 72.6 cm³/mol. The Bertz CT molecular complexity index is 519. The average Bonchev–Trinajstić information content (AvgIpc) is 2.84. The van der Waals surface area contributed by atoms with E-state index in [1.54, 1.807) is 0 Å². The van der Waals surface area contributed by atoms with Gasteiger partial charge in [0, 0.05) is 5.92 Å². The highest BCUT2D eigenvalue weighted by molar-refractivity contribution is 5.15. The highest BCUT2D eigenvalue weighted by Crippen LogP contribution is 2.34. The van der Waals surface area contributed by atoms with Crippen molar-refractivity contribution < 1.29 is 4.52 Å². The SMILES string of the molecule is N[C@@H](CCc1ccccc1)c1nc(C2CCC2)no1. The van der Waals surface area contributed by atoms with E-state index < -0.39 is 0 Å². The van der Waals surface area contributed by atoms with Gasteiger partial charge in [-0.25, -0.2) is 0 Å². The lowest BCUT2D eigenvalue weighted by Gasteiger charge is -2.21. The van der Waals surface area contributed by atoms with Crippen molar-refractivity contribution in [2.24, 2.45) is 5.73 Å². The molecular weight excluding hydrogens is 238 g/mol. The molecule has 3 rings (SSSR count). The molecule has 100 valence electrons. The average molecular weight is 257 g/mol. The first-order valence-electron chi connectivity index (χ1n) is 6.96. The zero-order valence-corrected chi connectivity index (χ0v) is 11.0. The first-order valence-corrected chi connectivity index (χ1v) is 6.96. The van der Waals surface area contributed by atoms with E-state index in [0.29, 0.717) is 11.8 Å². The maximum absolute atomic E-state index is 6.12. The molecule has 1 aromatic carbocycles. The molecule has 2 N–H and O–H groups in total. The quantitative estimate of drug-likeness (QED) is 0.894. The summed E-state index contributed by atoms with van der Waals surface area (Å²) in [6.45, 7) is 0. The van der Waals surface area contributed by atoms with Crippen molar-refractivity contribution in [3.05, 3.63) is 47.6 Å². The first-order chi connectivity index (χ1) is 9.33. The number of rotatable bonds is 5. The molecule has 0 radical (unpaired) electrons. The van der Waals surface area contributed by atoms with Crippen LogP contribution in [0.1, 0.15) is 54.9 Å². The van der Waals surface area contributed by atoms with Crippen LogP contribution in [-0.4, -0.2) is 10.1 Å². The number of nitrogens with zero attached hydrogens (tertiary/aromatic N) is 2. The molecule has 4 nitrogen and oxygen atoms in total. The second-order valence-electron chi connectivity index (χ2n) is 5.25. The van der Waals surface area contributed by atoms with E-state index in [-0.39, 0.29) is 6.04 Å². The highest BCUT2D eigenvalue weighted by Gasteiger charge is 2.25. The van der Waals surface area contributed by atoms with Gasteiger partial charge in [0.2, 0.25) is 5.89 Å². The van der Waals surface area contributed by atoms with Crippen molar-refractivity contribution in [1.82, 2.24) is 10.1 Å². The third kappa shape index (κ3) is 2.84. The Balaban J connectivity index is 1.57. The lowest BCUT2D eigenvalue weighted by molar-refractivity contribution is 0.331. The van der Waals surface area contributed by atoms with Gasteiger partial charge in [0.05, 0.1) is 6.04 Å². The number of benzene rings is 1. The maximum Gasteiger partial charge on any atom is 0.243 e. The van der Waals surface area contributed by atoms with Crippen LogP contribution in [0.5, 0.6) is 0 Å². The summed E-state index contributed by atoms with van der Waals surface area (Å²) >= 11 is 0. The molecule has 4 heteroatoms. The fourth-order valence-corrected chi connectivity index (χ4v) is 2.32. The lowest BCUT2D eigenvalue weighted by atomic mass is 9.85. The Morgan fingerprint density at radius 1 is 1.26 bits per heavy atom. The third-order valence-electron chi connectivity index (χ3n) is 3.83. The largest absolute Gasteiger partial charge is 0.338 e. The van der Waals surface area contributed by atoms with Crippen LogP contribution < -0.4 is 5.73 Å². The van der Waals surface area contributed by atoms with E-state index >= 15 is 0 Å². The van der Waals surface area contributed by atoms with Crippen LogP contribution in [0.25, 0.3) is 0 Å². The first kappa shape index (κ1) is 12.4. The summed E-state index contributed by atoms with van der Waals surface area (Å²) in [5.74, 6) is 1.92. The summed E-state index contributed by atoms with van der Waals surface area (Å²) in [6.07, 6.45) is 5.39. The predicted octanol–water partition coefficient (Wildman–Crippen LogP) is 2.97. The number of aryl methyl sites for hydroxylation is 1. The van der Waals surface area contributed by atoms with Crippen LogP contribution in [0, 0.1) is 0 Å². The van der Waals surface area contributed by atoms with Crippen molar-refractivity contribution in [2.75, 3.05) is 0 Å². The van der Waals surface area contributed by atoms with Crippen LogP contribution >= 0.6 is 0 Å². The van der Waals surface area contributed by atoms with Gasteiger partial charge in [-0.05, 0) is 31.2 Å². The summed E-state index contributed by atoms with van der Waals surface area (Å²) in [4.78, 5) is 4.44. The Morgan fingerprint density at radius 3 is 2.74 bits per heavy atom. The van der Waals surface area contributed by atoms with Crippen molar-refractivity contribution in [3.63, 3.8) is 0 Å². The standard InChI is InChI=1S/C15H19N3O/c16-13(10-9-11-5-2-1-3-6-11)15-17-14(18-19-15)12-7-4-8-12/h1-3,5-6,12-13H,4,7-10,16H2/t13-/m0/s1. The fraction of sp³-hybridized carbons (Fsp3) is 0.467.